The van der Waals surface area contributed by atoms with E-state index in [0.717, 1.165) is 31.6 Å². The Labute approximate surface area is 158 Å². The van der Waals surface area contributed by atoms with E-state index in [4.69, 9.17) is 0 Å². The molecule has 124 valence electrons. The number of rotatable bonds is 3. The molecule has 0 aliphatic carbocycles. The van der Waals surface area contributed by atoms with Crippen molar-refractivity contribution in [3.63, 3.8) is 0 Å². The van der Waals surface area contributed by atoms with Gasteiger partial charge in [0.15, 0.2) is 0 Å². The van der Waals surface area contributed by atoms with E-state index < -0.39 is 0 Å². The van der Waals surface area contributed by atoms with Crippen molar-refractivity contribution in [2.75, 3.05) is 0 Å². The van der Waals surface area contributed by atoms with E-state index in [9.17, 15) is 4.39 Å². The zero-order valence-corrected chi connectivity index (χ0v) is 15.7. The molecule has 0 spiro atoms. The summed E-state index contributed by atoms with van der Waals surface area (Å²) in [5.74, 6) is -0.221. The summed E-state index contributed by atoms with van der Waals surface area (Å²) in [5.41, 5.74) is 5.10. The molecule has 0 atom stereocenters. The van der Waals surface area contributed by atoms with Crippen LogP contribution in [0, 0.1) is 16.3 Å². The number of halogens is 2. The topological polar surface area (TPSA) is 30.7 Å². The Hall–Kier alpha value is -2.28. The number of hydrogen-bond donors (Lipinski definition) is 0. The third-order valence-corrected chi connectivity index (χ3v) is 4.96. The van der Waals surface area contributed by atoms with E-state index >= 15 is 0 Å². The van der Waals surface area contributed by atoms with Gasteiger partial charge in [0.2, 0.25) is 0 Å². The van der Waals surface area contributed by atoms with Crippen molar-refractivity contribution in [1.82, 2.24) is 14.5 Å². The summed E-state index contributed by atoms with van der Waals surface area (Å²) in [6.45, 7) is 2.40. The third-order valence-electron chi connectivity index (χ3n) is 4.17. The first-order valence-corrected chi connectivity index (χ1v) is 9.01. The van der Waals surface area contributed by atoms with Gasteiger partial charge in [0, 0.05) is 29.2 Å². The minimum atomic E-state index is -0.221. The molecule has 4 aromatic rings. The van der Waals surface area contributed by atoms with Gasteiger partial charge in [-0.1, -0.05) is 18.2 Å². The van der Waals surface area contributed by atoms with Gasteiger partial charge in [-0.15, -0.1) is 0 Å². The summed E-state index contributed by atoms with van der Waals surface area (Å²) < 4.78 is 17.8. The number of benzene rings is 1. The molecule has 5 heteroatoms. The van der Waals surface area contributed by atoms with Crippen LogP contribution in [-0.4, -0.2) is 14.5 Å². The van der Waals surface area contributed by atoms with Crippen LogP contribution in [0.2, 0.25) is 0 Å². The number of fused-ring (bicyclic) bond motifs is 1. The lowest BCUT2D eigenvalue weighted by Crippen LogP contribution is -2.01. The van der Waals surface area contributed by atoms with Crippen LogP contribution in [0.3, 0.4) is 0 Å². The van der Waals surface area contributed by atoms with Crippen molar-refractivity contribution < 1.29 is 4.39 Å². The number of aromatic nitrogens is 3. The molecular weight excluding hydrogens is 428 g/mol. The van der Waals surface area contributed by atoms with Crippen molar-refractivity contribution in [2.24, 2.45) is 0 Å². The van der Waals surface area contributed by atoms with Gasteiger partial charge in [0.1, 0.15) is 11.3 Å². The summed E-state index contributed by atoms with van der Waals surface area (Å²) in [7, 11) is 0. The van der Waals surface area contributed by atoms with Crippen molar-refractivity contribution in [3.8, 4) is 11.3 Å². The average molecular weight is 443 g/mol. The van der Waals surface area contributed by atoms with Gasteiger partial charge >= 0.3 is 0 Å². The van der Waals surface area contributed by atoms with Gasteiger partial charge in [0.25, 0.3) is 0 Å². The molecule has 3 aromatic heterocycles. The monoisotopic (exact) mass is 443 g/mol. The number of nitrogens with zero attached hydrogens (tertiary/aromatic N) is 3. The second-order valence-electron chi connectivity index (χ2n) is 5.95. The molecule has 3 heterocycles. The number of pyridine rings is 2. The molecule has 0 unspecified atom stereocenters. The summed E-state index contributed by atoms with van der Waals surface area (Å²) in [5, 5.41) is 0. The molecular formula is C20H15FIN3. The van der Waals surface area contributed by atoms with E-state index in [1.54, 1.807) is 12.3 Å². The van der Waals surface area contributed by atoms with Gasteiger partial charge in [-0.05, 0) is 59.8 Å². The number of hydrogen-bond acceptors (Lipinski definition) is 2. The zero-order valence-electron chi connectivity index (χ0n) is 13.6. The maximum Gasteiger partial charge on any atom is 0.128 e. The largest absolute Gasteiger partial charge is 0.341 e. The molecule has 0 amide bonds. The number of aryl methyl sites for hydroxylation is 1. The van der Waals surface area contributed by atoms with Crippen LogP contribution < -0.4 is 0 Å². The molecule has 0 saturated heterocycles. The van der Waals surface area contributed by atoms with Crippen LogP contribution in [0.25, 0.3) is 22.3 Å². The Bertz CT molecular complexity index is 1070. The molecule has 1 aromatic carbocycles. The van der Waals surface area contributed by atoms with Crippen LogP contribution in [0.15, 0.2) is 60.9 Å². The highest BCUT2D eigenvalue weighted by Crippen LogP contribution is 2.24. The molecule has 3 nitrogen and oxygen atoms in total. The molecule has 0 saturated carbocycles. The standard InChI is InChI=1S/C20H15FIN3/c1-13-4-2-5-18(24-13)14-7-8-15(16(21)10-14)11-25-12-17(22)20-19(25)6-3-9-23-20/h2-10,12H,11H2,1H3. The van der Waals surface area contributed by atoms with E-state index in [1.165, 1.54) is 0 Å². The molecule has 0 fully saturated rings. The lowest BCUT2D eigenvalue weighted by Gasteiger charge is -2.09. The van der Waals surface area contributed by atoms with Crippen LogP contribution >= 0.6 is 22.6 Å². The average Bonchev–Trinajstić information content (AvgIpc) is 2.93. The summed E-state index contributed by atoms with van der Waals surface area (Å²) in [6.07, 6.45) is 3.78. The fraction of sp³-hybridized carbons (Fsp3) is 0.100. The highest BCUT2D eigenvalue weighted by Gasteiger charge is 2.11. The van der Waals surface area contributed by atoms with Gasteiger partial charge in [-0.3, -0.25) is 9.97 Å². The SMILES string of the molecule is Cc1cccc(-c2ccc(Cn3cc(I)c4ncccc43)c(F)c2)n1. The molecule has 0 bridgehead atoms. The molecule has 0 radical (unpaired) electrons. The first kappa shape index (κ1) is 16.2. The summed E-state index contributed by atoms with van der Waals surface area (Å²) in [4.78, 5) is 8.86. The van der Waals surface area contributed by atoms with Crippen LogP contribution in [0.5, 0.6) is 0 Å². The quantitative estimate of drug-likeness (QED) is 0.408. The van der Waals surface area contributed by atoms with Crippen molar-refractivity contribution in [2.45, 2.75) is 13.5 Å². The maximum atomic E-state index is 14.7. The van der Waals surface area contributed by atoms with Crippen molar-refractivity contribution in [1.29, 1.82) is 0 Å². The lowest BCUT2D eigenvalue weighted by atomic mass is 10.1. The maximum absolute atomic E-state index is 14.7. The fourth-order valence-corrected chi connectivity index (χ4v) is 3.68. The van der Waals surface area contributed by atoms with Crippen molar-refractivity contribution >= 4 is 33.6 Å². The smallest absolute Gasteiger partial charge is 0.128 e. The van der Waals surface area contributed by atoms with Gasteiger partial charge < -0.3 is 4.57 Å². The predicted molar refractivity (Wildman–Crippen MR) is 106 cm³/mol. The van der Waals surface area contributed by atoms with E-state index in [-0.39, 0.29) is 5.82 Å². The minimum Gasteiger partial charge on any atom is -0.341 e. The van der Waals surface area contributed by atoms with E-state index in [0.29, 0.717) is 12.1 Å². The first-order chi connectivity index (χ1) is 12.1. The normalized spacial score (nSPS) is 11.2. The van der Waals surface area contributed by atoms with Crippen LogP contribution in [0.4, 0.5) is 4.39 Å². The highest BCUT2D eigenvalue weighted by atomic mass is 127. The predicted octanol–water partition coefficient (Wildman–Crippen LogP) is 5.20. The third kappa shape index (κ3) is 3.16. The van der Waals surface area contributed by atoms with E-state index in [1.807, 2.05) is 60.2 Å². The second kappa shape index (κ2) is 6.55. The minimum absolute atomic E-state index is 0.221. The lowest BCUT2D eigenvalue weighted by molar-refractivity contribution is 0.602. The molecule has 0 aliphatic heterocycles. The van der Waals surface area contributed by atoms with Crippen LogP contribution in [-0.2, 0) is 6.54 Å². The Morgan fingerprint density at radius 1 is 1.12 bits per heavy atom. The van der Waals surface area contributed by atoms with Crippen molar-refractivity contribution in [3.05, 3.63) is 81.6 Å². The Kier molecular flexibility index (Phi) is 4.25. The Morgan fingerprint density at radius 2 is 2.00 bits per heavy atom. The van der Waals surface area contributed by atoms with Crippen LogP contribution in [0.1, 0.15) is 11.3 Å². The molecule has 25 heavy (non-hydrogen) atoms. The molecule has 0 aliphatic rings. The van der Waals surface area contributed by atoms with Gasteiger partial charge in [0.05, 0.1) is 21.3 Å². The fourth-order valence-electron chi connectivity index (χ4n) is 2.93. The van der Waals surface area contributed by atoms with Gasteiger partial charge in [-0.2, -0.15) is 0 Å². The Balaban J connectivity index is 1.69. The highest BCUT2D eigenvalue weighted by molar-refractivity contribution is 14.1. The summed E-state index contributed by atoms with van der Waals surface area (Å²) >= 11 is 2.26. The molecule has 4 rings (SSSR count). The second-order valence-corrected chi connectivity index (χ2v) is 7.11. The first-order valence-electron chi connectivity index (χ1n) is 7.93. The molecule has 0 N–H and O–H groups in total. The van der Waals surface area contributed by atoms with Gasteiger partial charge in [-0.25, -0.2) is 4.39 Å². The van der Waals surface area contributed by atoms with E-state index in [2.05, 4.69) is 32.6 Å². The summed E-state index contributed by atoms with van der Waals surface area (Å²) in [6, 6.07) is 15.0. The Morgan fingerprint density at radius 3 is 2.80 bits per heavy atom. The zero-order chi connectivity index (χ0) is 17.4.